The van der Waals surface area contributed by atoms with E-state index in [0.29, 0.717) is 22.2 Å². The van der Waals surface area contributed by atoms with Crippen LogP contribution in [0.5, 0.6) is 5.75 Å². The molecule has 2 amide bonds. The topological polar surface area (TPSA) is 51.5 Å². The van der Waals surface area contributed by atoms with Crippen LogP contribution in [0.15, 0.2) is 83.9 Å². The average Bonchev–Trinajstić information content (AvgIpc) is 3.34. The highest BCUT2D eigenvalue weighted by Crippen LogP contribution is 2.37. The van der Waals surface area contributed by atoms with Gasteiger partial charge in [-0.2, -0.15) is 0 Å². The van der Waals surface area contributed by atoms with Crippen molar-refractivity contribution in [2.75, 3.05) is 11.5 Å². The minimum Gasteiger partial charge on any atom is -0.494 e. The van der Waals surface area contributed by atoms with Gasteiger partial charge in [-0.05, 0) is 67.6 Å². The second-order valence-electron chi connectivity index (χ2n) is 8.31. The number of rotatable bonds is 7. The van der Waals surface area contributed by atoms with Gasteiger partial charge in [0.05, 0.1) is 17.2 Å². The van der Waals surface area contributed by atoms with Crippen molar-refractivity contribution < 1.29 is 14.3 Å². The fraction of sp³-hybridized carbons (Fsp3) is 0.143. The quantitative estimate of drug-likeness (QED) is 0.196. The second kappa shape index (κ2) is 10.0. The fourth-order valence-corrected chi connectivity index (χ4v) is 5.10. The van der Waals surface area contributed by atoms with Crippen LogP contribution in [0.1, 0.15) is 17.5 Å². The molecule has 4 aromatic rings. The summed E-state index contributed by atoms with van der Waals surface area (Å²) < 4.78 is 8.04. The first-order valence-electron chi connectivity index (χ1n) is 11.3. The molecule has 176 valence electrons. The first-order chi connectivity index (χ1) is 17.0. The Morgan fingerprint density at radius 2 is 1.80 bits per heavy atom. The smallest absolute Gasteiger partial charge is 0.298 e. The molecule has 0 spiro atoms. The van der Waals surface area contributed by atoms with Gasteiger partial charge in [-0.3, -0.25) is 9.59 Å². The van der Waals surface area contributed by atoms with Gasteiger partial charge in [0.25, 0.3) is 11.1 Å². The highest BCUT2D eigenvalue weighted by Gasteiger charge is 2.36. The molecule has 1 aliphatic heterocycles. The molecule has 0 aliphatic carbocycles. The number of thioether (sulfide) groups is 1. The number of nitrogens with zero attached hydrogens (tertiary/aromatic N) is 2. The van der Waals surface area contributed by atoms with E-state index in [9.17, 15) is 9.59 Å². The van der Waals surface area contributed by atoms with Crippen LogP contribution in [0.4, 0.5) is 10.5 Å². The molecular formula is C28H23ClN2O3S. The number of benzene rings is 3. The third kappa shape index (κ3) is 4.99. The Morgan fingerprint density at radius 3 is 2.60 bits per heavy atom. The number of anilines is 1. The number of aromatic nitrogens is 1. The van der Waals surface area contributed by atoms with E-state index in [1.807, 2.05) is 48.7 Å². The summed E-state index contributed by atoms with van der Waals surface area (Å²) in [4.78, 5) is 27.3. The summed E-state index contributed by atoms with van der Waals surface area (Å²) in [5, 5.41) is 1.17. The molecule has 3 aromatic carbocycles. The molecular weight excluding hydrogens is 480 g/mol. The van der Waals surface area contributed by atoms with Crippen molar-refractivity contribution in [1.29, 1.82) is 0 Å². The molecule has 5 nitrogen and oxygen atoms in total. The molecule has 0 radical (unpaired) electrons. The number of halogens is 1. The highest BCUT2D eigenvalue weighted by atomic mass is 35.5. The van der Waals surface area contributed by atoms with Crippen LogP contribution in [-0.4, -0.2) is 22.3 Å². The van der Waals surface area contributed by atoms with Gasteiger partial charge in [0.1, 0.15) is 5.75 Å². The van der Waals surface area contributed by atoms with Crippen LogP contribution in [0, 0.1) is 6.92 Å². The van der Waals surface area contributed by atoms with Gasteiger partial charge >= 0.3 is 0 Å². The standard InChI is InChI=1S/C28H23ClN2O3S/c1-19-10-12-23(13-11-19)34-15-5-14-30-18-20(24-8-2-3-9-25(24)30)16-26-27(32)31(28(33)35-26)22-7-4-6-21(29)17-22/h2-4,6-13,16-18H,5,14-15H2,1H3/b26-16-. The highest BCUT2D eigenvalue weighted by molar-refractivity contribution is 8.19. The Morgan fingerprint density at radius 1 is 1.00 bits per heavy atom. The molecule has 0 bridgehead atoms. The zero-order chi connectivity index (χ0) is 24.4. The van der Waals surface area contributed by atoms with Crippen molar-refractivity contribution in [1.82, 2.24) is 4.57 Å². The Balaban J connectivity index is 1.35. The Kier molecular flexibility index (Phi) is 6.66. The van der Waals surface area contributed by atoms with E-state index in [1.54, 1.807) is 30.3 Å². The summed E-state index contributed by atoms with van der Waals surface area (Å²) in [5.74, 6) is 0.523. The lowest BCUT2D eigenvalue weighted by Gasteiger charge is -2.12. The lowest BCUT2D eigenvalue weighted by molar-refractivity contribution is -0.113. The Labute approximate surface area is 212 Å². The zero-order valence-corrected chi connectivity index (χ0v) is 20.7. The van der Waals surface area contributed by atoms with E-state index in [1.165, 1.54) is 10.5 Å². The molecule has 5 rings (SSSR count). The molecule has 1 aromatic heterocycles. The summed E-state index contributed by atoms with van der Waals surface area (Å²) in [6.07, 6.45) is 4.66. The van der Waals surface area contributed by atoms with Crippen molar-refractivity contribution in [2.24, 2.45) is 0 Å². The van der Waals surface area contributed by atoms with E-state index in [4.69, 9.17) is 16.3 Å². The summed E-state index contributed by atoms with van der Waals surface area (Å²) in [6, 6.07) is 22.9. The maximum atomic E-state index is 13.1. The number of imide groups is 1. The first-order valence-corrected chi connectivity index (χ1v) is 12.5. The van der Waals surface area contributed by atoms with Crippen LogP contribution in [0.25, 0.3) is 17.0 Å². The number of hydrogen-bond donors (Lipinski definition) is 0. The Bertz CT molecular complexity index is 1440. The maximum absolute atomic E-state index is 13.1. The lowest BCUT2D eigenvalue weighted by Crippen LogP contribution is -2.27. The lowest BCUT2D eigenvalue weighted by atomic mass is 10.1. The monoisotopic (exact) mass is 502 g/mol. The molecule has 0 unspecified atom stereocenters. The number of amides is 2. The SMILES string of the molecule is Cc1ccc(OCCCn2cc(/C=C3\SC(=O)N(c4cccc(Cl)c4)C3=O)c3ccccc32)cc1. The fourth-order valence-electron chi connectivity index (χ4n) is 4.08. The molecule has 2 heterocycles. The zero-order valence-electron chi connectivity index (χ0n) is 19.1. The summed E-state index contributed by atoms with van der Waals surface area (Å²) in [6.45, 7) is 3.42. The number of carbonyl (C=O) groups is 2. The van der Waals surface area contributed by atoms with Crippen molar-refractivity contribution in [3.8, 4) is 5.75 Å². The largest absolute Gasteiger partial charge is 0.494 e. The van der Waals surface area contributed by atoms with E-state index in [0.717, 1.165) is 46.9 Å². The predicted octanol–water partition coefficient (Wildman–Crippen LogP) is 7.31. The molecule has 1 aliphatic rings. The minimum absolute atomic E-state index is 0.333. The predicted molar refractivity (Wildman–Crippen MR) is 143 cm³/mol. The third-order valence-corrected chi connectivity index (χ3v) is 6.90. The van der Waals surface area contributed by atoms with Crippen molar-refractivity contribution in [3.63, 3.8) is 0 Å². The molecule has 7 heteroatoms. The van der Waals surface area contributed by atoms with Crippen LogP contribution < -0.4 is 9.64 Å². The van der Waals surface area contributed by atoms with Gasteiger partial charge in [-0.25, -0.2) is 4.90 Å². The maximum Gasteiger partial charge on any atom is 0.298 e. The van der Waals surface area contributed by atoms with Gasteiger partial charge in [0.2, 0.25) is 0 Å². The van der Waals surface area contributed by atoms with E-state index < -0.39 is 0 Å². The van der Waals surface area contributed by atoms with Gasteiger partial charge in [0, 0.05) is 34.2 Å². The number of ether oxygens (including phenoxy) is 1. The van der Waals surface area contributed by atoms with Crippen LogP contribution >= 0.6 is 23.4 Å². The summed E-state index contributed by atoms with van der Waals surface area (Å²) in [5.41, 5.74) is 3.65. The molecule has 0 atom stereocenters. The number of hydrogen-bond acceptors (Lipinski definition) is 4. The summed E-state index contributed by atoms with van der Waals surface area (Å²) in [7, 11) is 0. The van der Waals surface area contributed by atoms with Crippen LogP contribution in [0.2, 0.25) is 5.02 Å². The molecule has 1 fully saturated rings. The van der Waals surface area contributed by atoms with Gasteiger partial charge in [0.15, 0.2) is 0 Å². The molecule has 1 saturated heterocycles. The average molecular weight is 503 g/mol. The molecule has 0 saturated carbocycles. The van der Waals surface area contributed by atoms with Crippen molar-refractivity contribution in [3.05, 3.63) is 100 Å². The van der Waals surface area contributed by atoms with Gasteiger partial charge in [-0.15, -0.1) is 0 Å². The van der Waals surface area contributed by atoms with E-state index >= 15 is 0 Å². The number of para-hydroxylation sites is 1. The van der Waals surface area contributed by atoms with E-state index in [-0.39, 0.29) is 11.1 Å². The second-order valence-corrected chi connectivity index (χ2v) is 9.74. The van der Waals surface area contributed by atoms with Crippen molar-refractivity contribution in [2.45, 2.75) is 19.9 Å². The van der Waals surface area contributed by atoms with E-state index in [2.05, 4.69) is 17.6 Å². The molecule has 0 N–H and O–H groups in total. The number of aryl methyl sites for hydroxylation is 2. The van der Waals surface area contributed by atoms with Crippen LogP contribution in [-0.2, 0) is 11.3 Å². The number of carbonyl (C=O) groups excluding carboxylic acids is 2. The molecule has 35 heavy (non-hydrogen) atoms. The summed E-state index contributed by atoms with van der Waals surface area (Å²) >= 11 is 7.01. The van der Waals surface area contributed by atoms with Gasteiger partial charge in [-0.1, -0.05) is 53.6 Å². The van der Waals surface area contributed by atoms with Crippen LogP contribution in [0.3, 0.4) is 0 Å². The third-order valence-electron chi connectivity index (χ3n) is 5.80. The normalized spacial score (nSPS) is 14.9. The Hall–Kier alpha value is -3.48. The number of fused-ring (bicyclic) bond motifs is 1. The van der Waals surface area contributed by atoms with Gasteiger partial charge < -0.3 is 9.30 Å². The minimum atomic E-state index is -0.342. The van der Waals surface area contributed by atoms with Crippen molar-refractivity contribution >= 4 is 57.2 Å². The first kappa shape index (κ1) is 23.3.